The van der Waals surface area contributed by atoms with Crippen molar-refractivity contribution in [2.24, 2.45) is 0 Å². The number of imidazole rings is 3. The number of rotatable bonds is 17. The summed E-state index contributed by atoms with van der Waals surface area (Å²) < 4.78 is 33.4. The number of aromatic nitrogens is 21. The number of aryl methyl sites for hydroxylation is 3. The summed E-state index contributed by atoms with van der Waals surface area (Å²) in [6.07, 6.45) is 27.4. The summed E-state index contributed by atoms with van der Waals surface area (Å²) in [7, 11) is 0. The first-order chi connectivity index (χ1) is 61.0. The van der Waals surface area contributed by atoms with Crippen LogP contribution in [0.5, 0.6) is 0 Å². The number of carbonyl (C=O) groups excluding carboxylic acids is 3. The molecule has 0 bridgehead atoms. The lowest BCUT2D eigenvalue weighted by Crippen LogP contribution is -2.31. The quantitative estimate of drug-likeness (QED) is 0.0493. The van der Waals surface area contributed by atoms with E-state index in [2.05, 4.69) is 194 Å². The Morgan fingerprint density at radius 2 is 0.802 bits per heavy atom. The number of H-pyrrole nitrogens is 3. The summed E-state index contributed by atoms with van der Waals surface area (Å²) in [6.45, 7) is 23.6. The van der Waals surface area contributed by atoms with Crippen LogP contribution in [0.15, 0.2) is 124 Å². The molecule has 12 aromatic heterocycles. The van der Waals surface area contributed by atoms with Crippen molar-refractivity contribution in [2.75, 3.05) is 26.4 Å². The first kappa shape index (κ1) is 81.3. The maximum Gasteiger partial charge on any atom is 0.293 e. The van der Waals surface area contributed by atoms with Gasteiger partial charge in [-0.25, -0.2) is 29.9 Å². The van der Waals surface area contributed by atoms with Crippen molar-refractivity contribution in [3.05, 3.63) is 196 Å². The van der Waals surface area contributed by atoms with E-state index in [1.165, 1.54) is 16.7 Å². The predicted octanol–water partition coefficient (Wildman–Crippen LogP) is 16.6. The predicted molar refractivity (Wildman–Crippen MR) is 469 cm³/mol. The van der Waals surface area contributed by atoms with Gasteiger partial charge in [0.1, 0.15) is 17.5 Å². The Kier molecular flexibility index (Phi) is 21.1. The van der Waals surface area contributed by atoms with Gasteiger partial charge in [0.25, 0.3) is 35.2 Å². The van der Waals surface area contributed by atoms with Gasteiger partial charge in [-0.05, 0) is 212 Å². The Morgan fingerprint density at radius 1 is 0.444 bits per heavy atom. The van der Waals surface area contributed by atoms with E-state index in [-0.39, 0.29) is 75.6 Å². The number of nitrogens with one attached hydrogen (secondary N) is 6. The monoisotopic (exact) mass is 1690 g/mol. The van der Waals surface area contributed by atoms with Gasteiger partial charge in [0.15, 0.2) is 16.9 Å². The fourth-order valence-corrected chi connectivity index (χ4v) is 18.5. The number of ether oxygens (including phenoxy) is 2. The number of hydrogen-bond acceptors (Lipinski definition) is 23. The third-order valence-corrected chi connectivity index (χ3v) is 26.4. The van der Waals surface area contributed by atoms with Gasteiger partial charge in [-0.15, -0.1) is 0 Å². The van der Waals surface area contributed by atoms with Crippen LogP contribution in [0.4, 0.5) is 0 Å². The molecule has 0 spiro atoms. The highest BCUT2D eigenvalue weighted by atomic mass is 16.5. The summed E-state index contributed by atoms with van der Waals surface area (Å²) in [4.78, 5) is 90.9. The highest BCUT2D eigenvalue weighted by Crippen LogP contribution is 2.49. The molecule has 32 nitrogen and oxygen atoms in total. The van der Waals surface area contributed by atoms with Crippen molar-refractivity contribution in [1.82, 2.24) is 121 Å². The minimum Gasteiger partial charge on any atom is -0.381 e. The Hall–Kier alpha value is -13.1. The maximum atomic E-state index is 13.0. The van der Waals surface area contributed by atoms with E-state index < -0.39 is 0 Å². The average molecular weight is 1700 g/mol. The van der Waals surface area contributed by atoms with Crippen LogP contribution < -0.4 is 16.0 Å². The number of fused-ring (bicyclic) bond motifs is 6. The molecular formula is C94H102N24O8. The molecule has 3 atom stereocenters. The third-order valence-electron chi connectivity index (χ3n) is 26.4. The van der Waals surface area contributed by atoms with Crippen molar-refractivity contribution in [1.29, 1.82) is 0 Å². The summed E-state index contributed by atoms with van der Waals surface area (Å²) >= 11 is 0. The van der Waals surface area contributed by atoms with Gasteiger partial charge in [0.2, 0.25) is 17.7 Å². The van der Waals surface area contributed by atoms with Gasteiger partial charge in [0.05, 0.1) is 82.0 Å². The van der Waals surface area contributed by atoms with Crippen LogP contribution in [0, 0.1) is 20.8 Å². The normalized spacial score (nSPS) is 18.5. The number of nitrogens with zero attached hydrogens (tertiary/aromatic N) is 18. The summed E-state index contributed by atoms with van der Waals surface area (Å²) in [5.74, 6) is 3.23. The smallest absolute Gasteiger partial charge is 0.293 e. The van der Waals surface area contributed by atoms with E-state index in [1.807, 2.05) is 74.6 Å². The van der Waals surface area contributed by atoms with E-state index in [1.54, 1.807) is 6.20 Å². The zero-order chi connectivity index (χ0) is 86.4. The Morgan fingerprint density at radius 3 is 1.15 bits per heavy atom. The molecule has 0 radical (unpaired) electrons. The molecule has 6 N–H and O–H groups in total. The van der Waals surface area contributed by atoms with Crippen LogP contribution in [0.2, 0.25) is 0 Å². The Labute approximate surface area is 725 Å². The number of amides is 3. The maximum absolute atomic E-state index is 13.0. The molecule has 2 saturated carbocycles. The zero-order valence-corrected chi connectivity index (χ0v) is 72.5. The molecule has 3 aromatic carbocycles. The number of aromatic amines is 3. The van der Waals surface area contributed by atoms with Crippen molar-refractivity contribution < 1.29 is 37.4 Å². The molecule has 0 unspecified atom stereocenters. The molecule has 22 rings (SSSR count). The molecule has 4 fully saturated rings. The molecule has 646 valence electrons. The molecular weight excluding hydrogens is 1590 g/mol. The van der Waals surface area contributed by atoms with E-state index in [0.29, 0.717) is 46.7 Å². The topological polar surface area (TPSA) is 401 Å². The molecule has 7 aliphatic rings. The third kappa shape index (κ3) is 15.7. The van der Waals surface area contributed by atoms with Gasteiger partial charge in [-0.1, -0.05) is 105 Å². The molecule has 3 amide bonds. The minimum atomic E-state index is -0.321. The van der Waals surface area contributed by atoms with Crippen LogP contribution in [0.1, 0.15) is 275 Å². The molecule has 15 aromatic rings. The fourth-order valence-electron chi connectivity index (χ4n) is 18.5. The second-order valence-electron chi connectivity index (χ2n) is 36.6. The number of carbonyl (C=O) groups is 3. The molecule has 14 heterocycles. The van der Waals surface area contributed by atoms with Crippen LogP contribution in [-0.4, -0.2) is 149 Å². The van der Waals surface area contributed by atoms with Gasteiger partial charge in [-0.3, -0.25) is 28.4 Å². The first-order valence-corrected chi connectivity index (χ1v) is 44.2. The first-order valence-electron chi connectivity index (χ1n) is 44.2. The van der Waals surface area contributed by atoms with Crippen LogP contribution >= 0.6 is 0 Å². The van der Waals surface area contributed by atoms with E-state index in [4.69, 9.17) is 48.2 Å². The lowest BCUT2D eigenvalue weighted by molar-refractivity contribution is 0.0656. The van der Waals surface area contributed by atoms with E-state index in [0.717, 1.165) is 253 Å². The van der Waals surface area contributed by atoms with Crippen LogP contribution in [-0.2, 0) is 45.0 Å². The van der Waals surface area contributed by atoms with Gasteiger partial charge in [0, 0.05) is 101 Å². The lowest BCUT2D eigenvalue weighted by Gasteiger charge is -2.26. The highest BCUT2D eigenvalue weighted by molar-refractivity contribution is 5.96. The lowest BCUT2D eigenvalue weighted by atomic mass is 9.85. The van der Waals surface area contributed by atoms with Crippen molar-refractivity contribution in [2.45, 2.75) is 231 Å². The van der Waals surface area contributed by atoms with Crippen LogP contribution in [0.3, 0.4) is 0 Å². The van der Waals surface area contributed by atoms with E-state index >= 15 is 0 Å². The SMILES string of the molecule is Cc1c(-c2nc3nccc(-c4ccc5c(c4)CCC[C@@H]5NC(=O)c4noc(C5(C)CC5)n4)c3[nH]2)cnn1C1CCOCC1.Cc1c(-c2nc3nccc(-c4ccc5c(c4)CCC[C@H]5NC(=O)c4noc(C(C)(C)C)n4)c3[nH]2)cnn1C(C)C.Cc1c(-c2nc3nccc(-c4ccc5c(c4)CCC[C@H]5NC(=O)c4noc(C5(C)CC5)n4)c3[nH]2)cnn1C1CCOCC1. The largest absolute Gasteiger partial charge is 0.381 e. The highest BCUT2D eigenvalue weighted by Gasteiger charge is 2.46. The van der Waals surface area contributed by atoms with Gasteiger partial charge < -0.3 is 53.9 Å². The molecule has 32 heteroatoms. The van der Waals surface area contributed by atoms with Crippen molar-refractivity contribution >= 4 is 51.2 Å². The standard InChI is InChI=1S/2C32H34N8O3.C30H34N8O2/c2*1-18-24(17-34-40(18)21-9-14-42-15-10-21)27-36-26-23(8-13-33-28(26)37-27)20-6-7-22-19(16-20)4-3-5-25(22)35-30(41)29-38-31(43-39-29)32(2)11-12-32;1-16(2)38-17(3)22(15-32-38)25-34-24-21(12-13-31-26(24)35-25)19-10-11-20-18(14-19)8-7-9-23(20)33-28(39)27-36-29(40-37-27)30(4,5)6/h2*6-8,13,16-17,21,25H,3-5,9-12,14-15H2,1-2H3,(H,35,41)(H,33,36,37);10-16,23H,7-9H2,1-6H3,(H,33,39)(H,31,34,35)/t2*25-;23-/m101/s1. The molecule has 126 heavy (non-hydrogen) atoms. The molecule has 2 saturated heterocycles. The number of benzene rings is 3. The average Bonchev–Trinajstić information content (AvgIpc) is 1.64. The molecule has 2 aliphatic heterocycles. The van der Waals surface area contributed by atoms with Gasteiger partial charge >= 0.3 is 0 Å². The number of pyridine rings is 3. The fraction of sp³-hybridized carbons (Fsp3) is 0.426. The summed E-state index contributed by atoms with van der Waals surface area (Å²) in [5.41, 5.74) is 23.9. The Balaban J connectivity index is 0.000000119. The Bertz CT molecular complexity index is 6390. The second kappa shape index (κ2) is 32.8. The van der Waals surface area contributed by atoms with E-state index in [9.17, 15) is 14.4 Å². The minimum absolute atomic E-state index is 0.0667. The zero-order valence-electron chi connectivity index (χ0n) is 72.5. The summed E-state index contributed by atoms with van der Waals surface area (Å²) in [5, 5.41) is 35.2. The van der Waals surface area contributed by atoms with Crippen molar-refractivity contribution in [3.63, 3.8) is 0 Å². The van der Waals surface area contributed by atoms with Gasteiger partial charge in [-0.2, -0.15) is 30.2 Å². The summed E-state index contributed by atoms with van der Waals surface area (Å²) in [6, 6.07) is 26.1. The van der Waals surface area contributed by atoms with Crippen LogP contribution in [0.25, 0.3) is 101 Å². The van der Waals surface area contributed by atoms with Crippen molar-refractivity contribution in [3.8, 4) is 67.5 Å². The second-order valence-corrected chi connectivity index (χ2v) is 36.6. The number of hydrogen-bond donors (Lipinski definition) is 6. The molecule has 5 aliphatic carbocycles.